The SMILES string of the molecule is CC(O)c1ccc(Br)cc1OCCCCC#N. The van der Waals surface area contributed by atoms with E-state index >= 15 is 0 Å². The quantitative estimate of drug-likeness (QED) is 0.817. The summed E-state index contributed by atoms with van der Waals surface area (Å²) < 4.78 is 6.55. The summed E-state index contributed by atoms with van der Waals surface area (Å²) in [4.78, 5) is 0. The van der Waals surface area contributed by atoms with Crippen molar-refractivity contribution in [1.29, 1.82) is 5.26 Å². The van der Waals surface area contributed by atoms with Crippen molar-refractivity contribution in [2.75, 3.05) is 6.61 Å². The summed E-state index contributed by atoms with van der Waals surface area (Å²) in [6.07, 6.45) is 1.70. The summed E-state index contributed by atoms with van der Waals surface area (Å²) in [6.45, 7) is 2.28. The molecule has 0 bridgehead atoms. The topological polar surface area (TPSA) is 53.2 Å². The normalized spacial score (nSPS) is 11.9. The summed E-state index contributed by atoms with van der Waals surface area (Å²) in [6, 6.07) is 7.68. The van der Waals surface area contributed by atoms with Crippen LogP contribution in [0.4, 0.5) is 0 Å². The molecule has 0 amide bonds. The number of benzene rings is 1. The number of halogens is 1. The maximum Gasteiger partial charge on any atom is 0.126 e. The summed E-state index contributed by atoms with van der Waals surface area (Å²) >= 11 is 3.37. The predicted octanol–water partition coefficient (Wildman–Crippen LogP) is 3.58. The van der Waals surface area contributed by atoms with Crippen LogP contribution in [0.25, 0.3) is 0 Å². The van der Waals surface area contributed by atoms with Gasteiger partial charge in [-0.3, -0.25) is 0 Å². The fourth-order valence-corrected chi connectivity index (χ4v) is 1.81. The van der Waals surface area contributed by atoms with Gasteiger partial charge in [-0.25, -0.2) is 0 Å². The van der Waals surface area contributed by atoms with Gasteiger partial charge in [-0.15, -0.1) is 0 Å². The molecule has 4 heteroatoms. The Bertz CT molecular complexity index is 399. The van der Waals surface area contributed by atoms with Crippen molar-refractivity contribution >= 4 is 15.9 Å². The lowest BCUT2D eigenvalue weighted by atomic mass is 10.1. The largest absolute Gasteiger partial charge is 0.493 e. The van der Waals surface area contributed by atoms with Crippen molar-refractivity contribution in [3.05, 3.63) is 28.2 Å². The lowest BCUT2D eigenvalue weighted by molar-refractivity contribution is 0.190. The first kappa shape index (κ1) is 14.0. The highest BCUT2D eigenvalue weighted by atomic mass is 79.9. The Morgan fingerprint density at radius 3 is 2.88 bits per heavy atom. The van der Waals surface area contributed by atoms with E-state index in [1.165, 1.54) is 0 Å². The molecule has 1 unspecified atom stereocenters. The fraction of sp³-hybridized carbons (Fsp3) is 0.462. The molecule has 1 atom stereocenters. The molecular weight excluding hydrogens is 282 g/mol. The molecular formula is C13H16BrNO2. The van der Waals surface area contributed by atoms with Gasteiger partial charge >= 0.3 is 0 Å². The van der Waals surface area contributed by atoms with Gasteiger partial charge < -0.3 is 9.84 Å². The lowest BCUT2D eigenvalue weighted by Crippen LogP contribution is -2.02. The Balaban J connectivity index is 2.57. The van der Waals surface area contributed by atoms with Crippen LogP contribution in [0.3, 0.4) is 0 Å². The highest BCUT2D eigenvalue weighted by Crippen LogP contribution is 2.28. The van der Waals surface area contributed by atoms with Gasteiger partial charge in [0.25, 0.3) is 0 Å². The van der Waals surface area contributed by atoms with E-state index in [1.54, 1.807) is 6.92 Å². The molecule has 0 saturated heterocycles. The first-order valence-electron chi connectivity index (χ1n) is 5.62. The maximum atomic E-state index is 9.60. The lowest BCUT2D eigenvalue weighted by Gasteiger charge is -2.13. The molecule has 0 heterocycles. The zero-order chi connectivity index (χ0) is 12.7. The van der Waals surface area contributed by atoms with E-state index in [2.05, 4.69) is 22.0 Å². The summed E-state index contributed by atoms with van der Waals surface area (Å²) in [5, 5.41) is 18.0. The molecule has 92 valence electrons. The van der Waals surface area contributed by atoms with Crippen LogP contribution in [-0.2, 0) is 0 Å². The van der Waals surface area contributed by atoms with Crippen LogP contribution in [0.1, 0.15) is 37.9 Å². The molecule has 1 N–H and O–H groups in total. The summed E-state index contributed by atoms with van der Waals surface area (Å²) in [7, 11) is 0. The van der Waals surface area contributed by atoms with Gasteiger partial charge in [0.05, 0.1) is 18.8 Å². The van der Waals surface area contributed by atoms with E-state index in [4.69, 9.17) is 10.00 Å². The molecule has 0 radical (unpaired) electrons. The number of rotatable bonds is 6. The highest BCUT2D eigenvalue weighted by molar-refractivity contribution is 9.10. The number of aliphatic hydroxyl groups is 1. The second-order valence-corrected chi connectivity index (χ2v) is 4.74. The predicted molar refractivity (Wildman–Crippen MR) is 69.7 cm³/mol. The Morgan fingerprint density at radius 1 is 1.47 bits per heavy atom. The molecule has 1 aromatic carbocycles. The third-order valence-corrected chi connectivity index (χ3v) is 2.86. The smallest absolute Gasteiger partial charge is 0.126 e. The minimum absolute atomic E-state index is 0.544. The molecule has 0 aliphatic carbocycles. The zero-order valence-corrected chi connectivity index (χ0v) is 11.4. The van der Waals surface area contributed by atoms with Crippen LogP contribution in [0.5, 0.6) is 5.75 Å². The van der Waals surface area contributed by atoms with Crippen molar-refractivity contribution in [2.24, 2.45) is 0 Å². The van der Waals surface area contributed by atoms with Crippen LogP contribution in [0, 0.1) is 11.3 Å². The Kier molecular flexibility index (Phi) is 6.03. The van der Waals surface area contributed by atoms with E-state index in [0.29, 0.717) is 18.8 Å². The molecule has 0 aliphatic heterocycles. The van der Waals surface area contributed by atoms with Crippen LogP contribution in [-0.4, -0.2) is 11.7 Å². The van der Waals surface area contributed by atoms with E-state index in [-0.39, 0.29) is 0 Å². The van der Waals surface area contributed by atoms with Crippen molar-refractivity contribution < 1.29 is 9.84 Å². The van der Waals surface area contributed by atoms with Gasteiger partial charge in [0.15, 0.2) is 0 Å². The van der Waals surface area contributed by atoms with Crippen LogP contribution >= 0.6 is 15.9 Å². The van der Waals surface area contributed by atoms with Crippen molar-refractivity contribution in [2.45, 2.75) is 32.3 Å². The summed E-state index contributed by atoms with van der Waals surface area (Å²) in [5.41, 5.74) is 0.786. The van der Waals surface area contributed by atoms with Gasteiger partial charge in [-0.05, 0) is 31.9 Å². The molecule has 1 aromatic rings. The molecule has 0 fully saturated rings. The minimum Gasteiger partial charge on any atom is -0.493 e. The van der Waals surface area contributed by atoms with Crippen LogP contribution in [0.15, 0.2) is 22.7 Å². The minimum atomic E-state index is -0.544. The number of hydrogen-bond donors (Lipinski definition) is 1. The van der Waals surface area contributed by atoms with E-state index in [1.807, 2.05) is 18.2 Å². The van der Waals surface area contributed by atoms with Crippen molar-refractivity contribution in [3.63, 3.8) is 0 Å². The fourth-order valence-electron chi connectivity index (χ4n) is 1.47. The monoisotopic (exact) mass is 297 g/mol. The number of unbranched alkanes of at least 4 members (excludes halogenated alkanes) is 2. The number of nitriles is 1. The average Bonchev–Trinajstić information content (AvgIpc) is 2.28. The number of ether oxygens (including phenoxy) is 1. The van der Waals surface area contributed by atoms with Crippen LogP contribution in [0.2, 0.25) is 0 Å². The standard InChI is InChI=1S/C13H16BrNO2/c1-10(16)12-6-5-11(14)9-13(12)17-8-4-2-3-7-15/h5-6,9-10,16H,2-4,8H2,1H3. The van der Waals surface area contributed by atoms with E-state index in [0.717, 1.165) is 22.9 Å². The van der Waals surface area contributed by atoms with Gasteiger partial charge in [0.2, 0.25) is 0 Å². The number of hydrogen-bond acceptors (Lipinski definition) is 3. The van der Waals surface area contributed by atoms with Crippen molar-refractivity contribution in [3.8, 4) is 11.8 Å². The Morgan fingerprint density at radius 2 is 2.24 bits per heavy atom. The van der Waals surface area contributed by atoms with Gasteiger partial charge in [0.1, 0.15) is 5.75 Å². The van der Waals surface area contributed by atoms with Gasteiger partial charge in [-0.1, -0.05) is 22.0 Å². The second kappa shape index (κ2) is 7.31. The van der Waals surface area contributed by atoms with E-state index in [9.17, 15) is 5.11 Å². The Hall–Kier alpha value is -1.05. The maximum absolute atomic E-state index is 9.60. The van der Waals surface area contributed by atoms with Gasteiger partial charge in [0, 0.05) is 16.5 Å². The molecule has 0 aromatic heterocycles. The third-order valence-electron chi connectivity index (χ3n) is 2.37. The van der Waals surface area contributed by atoms with E-state index < -0.39 is 6.10 Å². The molecule has 1 rings (SSSR count). The first-order valence-corrected chi connectivity index (χ1v) is 6.41. The van der Waals surface area contributed by atoms with Crippen molar-refractivity contribution in [1.82, 2.24) is 0 Å². The summed E-state index contributed by atoms with van der Waals surface area (Å²) in [5.74, 6) is 0.700. The first-order chi connectivity index (χ1) is 8.15. The van der Waals surface area contributed by atoms with Gasteiger partial charge in [-0.2, -0.15) is 5.26 Å². The number of aliphatic hydroxyl groups excluding tert-OH is 1. The molecule has 17 heavy (non-hydrogen) atoms. The highest BCUT2D eigenvalue weighted by Gasteiger charge is 2.09. The molecule has 3 nitrogen and oxygen atoms in total. The van der Waals surface area contributed by atoms with Crippen LogP contribution < -0.4 is 4.74 Å². The number of nitrogens with zero attached hydrogens (tertiary/aromatic N) is 1. The average molecular weight is 298 g/mol. The zero-order valence-electron chi connectivity index (χ0n) is 9.82. The Labute approximate surface area is 110 Å². The second-order valence-electron chi connectivity index (χ2n) is 3.82. The molecule has 0 spiro atoms. The molecule has 0 saturated carbocycles. The molecule has 0 aliphatic rings. The third kappa shape index (κ3) is 4.76.